The molecule has 0 unspecified atom stereocenters. The Hall–Kier alpha value is -1.86. The molecule has 0 saturated carbocycles. The molecule has 2 heterocycles. The van der Waals surface area contributed by atoms with Crippen LogP contribution in [-0.2, 0) is 16.0 Å². The average molecular weight is 323 g/mol. The Bertz CT molecular complexity index is 530. The van der Waals surface area contributed by atoms with Crippen molar-refractivity contribution in [1.29, 1.82) is 0 Å². The quantitative estimate of drug-likeness (QED) is 0.905. The molecule has 2 rings (SSSR count). The number of carbonyl (C=O) groups is 1. The van der Waals surface area contributed by atoms with Crippen LogP contribution in [0.5, 0.6) is 5.75 Å². The summed E-state index contributed by atoms with van der Waals surface area (Å²) in [5.41, 5.74) is 6.05. The van der Waals surface area contributed by atoms with E-state index in [1.165, 1.54) is 0 Å². The van der Waals surface area contributed by atoms with Crippen LogP contribution in [-0.4, -0.2) is 54.0 Å². The zero-order chi connectivity index (χ0) is 16.9. The average Bonchev–Trinajstić information content (AvgIpc) is 2.52. The van der Waals surface area contributed by atoms with Gasteiger partial charge in [-0.2, -0.15) is 0 Å². The van der Waals surface area contributed by atoms with Crippen molar-refractivity contribution < 1.29 is 19.0 Å². The van der Waals surface area contributed by atoms with Crippen molar-refractivity contribution in [3.8, 4) is 5.75 Å². The summed E-state index contributed by atoms with van der Waals surface area (Å²) in [4.78, 5) is 17.8. The lowest BCUT2D eigenvalue weighted by atomic mass is 10.2. The van der Waals surface area contributed by atoms with Crippen molar-refractivity contribution in [2.24, 2.45) is 5.73 Å². The minimum atomic E-state index is -0.507. The Kier molecular flexibility index (Phi) is 5.79. The van der Waals surface area contributed by atoms with E-state index < -0.39 is 5.60 Å². The number of pyridine rings is 1. The highest BCUT2D eigenvalue weighted by Gasteiger charge is 2.28. The summed E-state index contributed by atoms with van der Waals surface area (Å²) >= 11 is 0. The highest BCUT2D eigenvalue weighted by Crippen LogP contribution is 2.17. The molecule has 1 aromatic heterocycles. The fourth-order valence-electron chi connectivity index (χ4n) is 2.20. The van der Waals surface area contributed by atoms with Crippen molar-refractivity contribution in [1.82, 2.24) is 9.88 Å². The minimum Gasteiger partial charge on any atom is -0.489 e. The molecule has 7 heteroatoms. The van der Waals surface area contributed by atoms with Gasteiger partial charge in [-0.3, -0.25) is 4.98 Å². The monoisotopic (exact) mass is 323 g/mol. The van der Waals surface area contributed by atoms with Gasteiger partial charge in [-0.25, -0.2) is 4.79 Å². The molecule has 1 atom stereocenters. The number of ether oxygens (including phenoxy) is 3. The molecule has 1 saturated heterocycles. The zero-order valence-electron chi connectivity index (χ0n) is 13.9. The first-order valence-electron chi connectivity index (χ1n) is 7.74. The Labute approximate surface area is 136 Å². The van der Waals surface area contributed by atoms with Crippen LogP contribution in [0.3, 0.4) is 0 Å². The first-order chi connectivity index (χ1) is 10.9. The van der Waals surface area contributed by atoms with Crippen molar-refractivity contribution >= 4 is 6.09 Å². The highest BCUT2D eigenvalue weighted by atomic mass is 16.6. The fraction of sp³-hybridized carbons (Fsp3) is 0.625. The Balaban J connectivity index is 1.88. The van der Waals surface area contributed by atoms with Gasteiger partial charge in [0.15, 0.2) is 0 Å². The smallest absolute Gasteiger partial charge is 0.410 e. The van der Waals surface area contributed by atoms with Gasteiger partial charge in [0.2, 0.25) is 0 Å². The van der Waals surface area contributed by atoms with Crippen LogP contribution in [0.2, 0.25) is 0 Å². The molecule has 2 N–H and O–H groups in total. The number of carbonyl (C=O) groups excluding carboxylic acids is 1. The number of morpholine rings is 1. The lowest BCUT2D eigenvalue weighted by Gasteiger charge is -2.34. The highest BCUT2D eigenvalue weighted by molar-refractivity contribution is 5.68. The summed E-state index contributed by atoms with van der Waals surface area (Å²) in [6.45, 7) is 7.68. The summed E-state index contributed by atoms with van der Waals surface area (Å²) in [6, 6.07) is 1.82. The minimum absolute atomic E-state index is 0.206. The molecule has 128 valence electrons. The molecule has 7 nitrogen and oxygen atoms in total. The number of aromatic nitrogens is 1. The number of amides is 1. The van der Waals surface area contributed by atoms with Crippen LogP contribution < -0.4 is 10.5 Å². The van der Waals surface area contributed by atoms with E-state index in [1.54, 1.807) is 17.3 Å². The zero-order valence-corrected chi connectivity index (χ0v) is 13.9. The third-order valence-corrected chi connectivity index (χ3v) is 3.31. The van der Waals surface area contributed by atoms with Crippen molar-refractivity contribution in [3.63, 3.8) is 0 Å². The van der Waals surface area contributed by atoms with Gasteiger partial charge in [0.05, 0.1) is 19.3 Å². The SMILES string of the molecule is CC(C)(C)OC(=O)N1CCO[C@H](COc2cnccc2CN)C1. The predicted molar refractivity (Wildman–Crippen MR) is 85.2 cm³/mol. The van der Waals surface area contributed by atoms with E-state index >= 15 is 0 Å². The second kappa shape index (κ2) is 7.61. The van der Waals surface area contributed by atoms with Crippen LogP contribution in [0, 0.1) is 0 Å². The second-order valence-corrected chi connectivity index (χ2v) is 6.42. The Morgan fingerprint density at radius 1 is 1.52 bits per heavy atom. The molecular formula is C16H25N3O4. The Morgan fingerprint density at radius 3 is 3.00 bits per heavy atom. The van der Waals surface area contributed by atoms with Crippen LogP contribution >= 0.6 is 0 Å². The largest absolute Gasteiger partial charge is 0.489 e. The molecule has 1 aliphatic heterocycles. The van der Waals surface area contributed by atoms with E-state index in [0.717, 1.165) is 5.56 Å². The maximum absolute atomic E-state index is 12.1. The van der Waals surface area contributed by atoms with Gasteiger partial charge in [-0.05, 0) is 26.8 Å². The summed E-state index contributed by atoms with van der Waals surface area (Å²) < 4.78 is 16.8. The number of hydrogen-bond acceptors (Lipinski definition) is 6. The van der Waals surface area contributed by atoms with Crippen molar-refractivity contribution in [2.45, 2.75) is 39.0 Å². The molecule has 0 bridgehead atoms. The van der Waals surface area contributed by atoms with Gasteiger partial charge in [-0.1, -0.05) is 0 Å². The molecule has 1 amide bonds. The fourth-order valence-corrected chi connectivity index (χ4v) is 2.20. The van der Waals surface area contributed by atoms with Crippen molar-refractivity contribution in [2.75, 3.05) is 26.3 Å². The molecule has 0 radical (unpaired) electrons. The van der Waals surface area contributed by atoms with Crippen LogP contribution in [0.15, 0.2) is 18.5 Å². The lowest BCUT2D eigenvalue weighted by Crippen LogP contribution is -2.49. The maximum atomic E-state index is 12.1. The third-order valence-electron chi connectivity index (χ3n) is 3.31. The third kappa shape index (κ3) is 5.37. The van der Waals surface area contributed by atoms with E-state index in [9.17, 15) is 4.79 Å². The van der Waals surface area contributed by atoms with E-state index in [-0.39, 0.29) is 12.2 Å². The van der Waals surface area contributed by atoms with Crippen LogP contribution in [0.4, 0.5) is 4.79 Å². The number of nitrogens with zero attached hydrogens (tertiary/aromatic N) is 2. The van der Waals surface area contributed by atoms with Gasteiger partial charge >= 0.3 is 6.09 Å². The van der Waals surface area contributed by atoms with Crippen molar-refractivity contribution in [3.05, 3.63) is 24.0 Å². The predicted octanol–water partition coefficient (Wildman–Crippen LogP) is 1.55. The number of hydrogen-bond donors (Lipinski definition) is 1. The molecular weight excluding hydrogens is 298 g/mol. The van der Waals surface area contributed by atoms with Gasteiger partial charge in [0.1, 0.15) is 24.1 Å². The van der Waals surface area contributed by atoms with E-state index in [2.05, 4.69) is 4.98 Å². The van der Waals surface area contributed by atoms with E-state index in [0.29, 0.717) is 38.6 Å². The molecule has 1 fully saturated rings. The molecule has 1 aliphatic rings. The van der Waals surface area contributed by atoms with Gasteiger partial charge in [-0.15, -0.1) is 0 Å². The first kappa shape index (κ1) is 17.5. The van der Waals surface area contributed by atoms with Gasteiger partial charge in [0, 0.05) is 24.8 Å². The summed E-state index contributed by atoms with van der Waals surface area (Å²) in [5.74, 6) is 0.646. The van der Waals surface area contributed by atoms with Gasteiger partial charge < -0.3 is 24.8 Å². The normalized spacial score (nSPS) is 18.6. The molecule has 23 heavy (non-hydrogen) atoms. The van der Waals surface area contributed by atoms with Crippen LogP contribution in [0.1, 0.15) is 26.3 Å². The van der Waals surface area contributed by atoms with Gasteiger partial charge in [0.25, 0.3) is 0 Å². The first-order valence-corrected chi connectivity index (χ1v) is 7.74. The molecule has 0 aliphatic carbocycles. The summed E-state index contributed by atoms with van der Waals surface area (Å²) in [5, 5.41) is 0. The lowest BCUT2D eigenvalue weighted by molar-refractivity contribution is -0.0558. The standard InChI is InChI=1S/C16H25N3O4/c1-16(2,3)23-15(20)19-6-7-21-13(10-19)11-22-14-9-18-5-4-12(14)8-17/h4-5,9,13H,6-8,10-11,17H2,1-3H3/t13-/m0/s1. The molecule has 1 aromatic rings. The summed E-state index contributed by atoms with van der Waals surface area (Å²) in [6.07, 6.45) is 2.78. The van der Waals surface area contributed by atoms with Crippen LogP contribution in [0.25, 0.3) is 0 Å². The Morgan fingerprint density at radius 2 is 2.30 bits per heavy atom. The maximum Gasteiger partial charge on any atom is 0.410 e. The topological polar surface area (TPSA) is 86.9 Å². The van der Waals surface area contributed by atoms with E-state index in [1.807, 2.05) is 26.8 Å². The second-order valence-electron chi connectivity index (χ2n) is 6.42. The molecule has 0 aromatic carbocycles. The number of rotatable bonds is 4. The summed E-state index contributed by atoms with van der Waals surface area (Å²) in [7, 11) is 0. The van der Waals surface area contributed by atoms with E-state index in [4.69, 9.17) is 19.9 Å². The molecule has 0 spiro atoms. The number of nitrogens with two attached hydrogens (primary N) is 1.